The Morgan fingerprint density at radius 3 is 2.79 bits per heavy atom. The second-order valence-corrected chi connectivity index (χ2v) is 7.88. The first kappa shape index (κ1) is 19.3. The Morgan fingerprint density at radius 2 is 2.14 bits per heavy atom. The number of ether oxygens (including phenoxy) is 1. The number of amides is 1. The van der Waals surface area contributed by atoms with Gasteiger partial charge in [0, 0.05) is 6.54 Å². The van der Waals surface area contributed by atoms with E-state index in [4.69, 9.17) is 21.3 Å². The second kappa shape index (κ2) is 7.40. The molecule has 0 saturated heterocycles. The number of fused-ring (bicyclic) bond motifs is 3. The lowest BCUT2D eigenvalue weighted by molar-refractivity contribution is 0.0836. The lowest BCUT2D eigenvalue weighted by Gasteiger charge is -2.32. The Bertz CT molecular complexity index is 973. The summed E-state index contributed by atoms with van der Waals surface area (Å²) >= 11 is 9.81. The summed E-state index contributed by atoms with van der Waals surface area (Å²) in [6, 6.07) is 5.78. The molecule has 1 atom stereocenters. The predicted molar refractivity (Wildman–Crippen MR) is 113 cm³/mol. The Hall–Kier alpha value is -2.06. The van der Waals surface area contributed by atoms with Gasteiger partial charge >= 0.3 is 0 Å². The fraction of sp³-hybridized carbons (Fsp3) is 0.421. The highest BCUT2D eigenvalue weighted by Crippen LogP contribution is 2.35. The highest BCUT2D eigenvalue weighted by atomic mass is 79.9. The highest BCUT2D eigenvalue weighted by Gasteiger charge is 2.42. The number of carbonyl (C=O) groups is 1. The average molecular weight is 467 g/mol. The molecular weight excluding hydrogens is 446 g/mol. The maximum Gasteiger partial charge on any atom is 0.281 e. The summed E-state index contributed by atoms with van der Waals surface area (Å²) in [5, 5.41) is 0.534. The summed E-state index contributed by atoms with van der Waals surface area (Å²) in [6.45, 7) is 5.82. The third-order valence-corrected chi connectivity index (χ3v) is 6.03. The van der Waals surface area contributed by atoms with Gasteiger partial charge in [0.1, 0.15) is 5.75 Å². The summed E-state index contributed by atoms with van der Waals surface area (Å²) in [5.41, 5.74) is 1.52. The molecule has 0 spiro atoms. The monoisotopic (exact) mass is 465 g/mol. The Balaban J connectivity index is 1.76. The first-order valence-electron chi connectivity index (χ1n) is 9.24. The molecule has 9 heteroatoms. The van der Waals surface area contributed by atoms with E-state index in [-0.39, 0.29) is 11.9 Å². The zero-order valence-corrected chi connectivity index (χ0v) is 18.3. The van der Waals surface area contributed by atoms with Crippen molar-refractivity contribution < 1.29 is 9.53 Å². The van der Waals surface area contributed by atoms with Gasteiger partial charge in [-0.05, 0) is 47.0 Å². The van der Waals surface area contributed by atoms with Crippen LogP contribution in [0.3, 0.4) is 0 Å². The number of carbonyl (C=O) groups excluding carboxylic acids is 1. The van der Waals surface area contributed by atoms with E-state index in [1.807, 2.05) is 29.7 Å². The van der Waals surface area contributed by atoms with Crippen LogP contribution >= 0.6 is 27.5 Å². The number of guanidine groups is 1. The normalized spacial score (nSPS) is 18.2. The number of halogens is 2. The highest BCUT2D eigenvalue weighted by molar-refractivity contribution is 9.10. The Labute approximate surface area is 177 Å². The summed E-state index contributed by atoms with van der Waals surface area (Å²) in [5.74, 6) is 1.91. The molecule has 2 aliphatic rings. The zero-order chi connectivity index (χ0) is 20.0. The van der Waals surface area contributed by atoms with Gasteiger partial charge in [0.25, 0.3) is 5.91 Å². The van der Waals surface area contributed by atoms with Gasteiger partial charge in [0.2, 0.25) is 5.96 Å². The van der Waals surface area contributed by atoms with Crippen LogP contribution in [0.15, 0.2) is 27.9 Å². The van der Waals surface area contributed by atoms with E-state index < -0.39 is 0 Å². The minimum absolute atomic E-state index is 0.0814. The van der Waals surface area contributed by atoms with Gasteiger partial charge in [0.15, 0.2) is 16.2 Å². The van der Waals surface area contributed by atoms with Gasteiger partial charge in [-0.2, -0.15) is 0 Å². The minimum Gasteiger partial charge on any atom is -0.495 e. The number of benzene rings is 1. The fourth-order valence-electron chi connectivity index (χ4n) is 3.63. The van der Waals surface area contributed by atoms with Gasteiger partial charge < -0.3 is 9.30 Å². The van der Waals surface area contributed by atoms with Crippen LogP contribution in [0.5, 0.6) is 5.75 Å². The zero-order valence-electron chi connectivity index (χ0n) is 15.9. The van der Waals surface area contributed by atoms with Gasteiger partial charge in [-0.3, -0.25) is 14.6 Å². The third kappa shape index (κ3) is 2.99. The van der Waals surface area contributed by atoms with Gasteiger partial charge in [-0.25, -0.2) is 9.98 Å². The van der Waals surface area contributed by atoms with Crippen LogP contribution in [0.4, 0.5) is 5.82 Å². The molecule has 0 N–H and O–H groups in total. The molecule has 0 fully saturated rings. The molecule has 3 heterocycles. The van der Waals surface area contributed by atoms with Crippen molar-refractivity contribution in [1.29, 1.82) is 0 Å². The van der Waals surface area contributed by atoms with E-state index in [9.17, 15) is 4.79 Å². The molecule has 28 heavy (non-hydrogen) atoms. The number of imidazole rings is 1. The quantitative estimate of drug-likeness (QED) is 0.673. The fourth-order valence-corrected chi connectivity index (χ4v) is 4.39. The van der Waals surface area contributed by atoms with Crippen molar-refractivity contribution in [2.75, 3.05) is 25.1 Å². The summed E-state index contributed by atoms with van der Waals surface area (Å²) < 4.78 is 7.71. The van der Waals surface area contributed by atoms with Crippen LogP contribution in [0.1, 0.15) is 36.3 Å². The topological polar surface area (TPSA) is 63.0 Å². The summed E-state index contributed by atoms with van der Waals surface area (Å²) in [4.78, 5) is 26.4. The molecule has 4 rings (SSSR count). The van der Waals surface area contributed by atoms with E-state index in [1.54, 1.807) is 12.0 Å². The van der Waals surface area contributed by atoms with Crippen molar-refractivity contribution in [1.82, 2.24) is 14.5 Å². The van der Waals surface area contributed by atoms with Crippen LogP contribution in [0.25, 0.3) is 0 Å². The molecule has 1 aromatic heterocycles. The standard InChI is InChI=1S/C19H21BrClN5O2/c1-4-12-10-26-16-15(17(27)24(5-2)19(26)22-12)25(18(20)23-16)9-11-6-7-14(28-3)13(21)8-11/h6-8,12H,4-5,9-10H2,1-3H3/t12-/m1/s1. The first-order chi connectivity index (χ1) is 13.5. The van der Waals surface area contributed by atoms with Crippen LogP contribution in [-0.2, 0) is 6.54 Å². The maximum atomic E-state index is 13.3. The molecule has 2 aliphatic heterocycles. The summed E-state index contributed by atoms with van der Waals surface area (Å²) in [6.07, 6.45) is 0.924. The molecule has 0 saturated carbocycles. The van der Waals surface area contributed by atoms with Gasteiger partial charge in [0.05, 0.1) is 31.3 Å². The Morgan fingerprint density at radius 1 is 1.36 bits per heavy atom. The molecule has 0 aliphatic carbocycles. The summed E-state index contributed by atoms with van der Waals surface area (Å²) in [7, 11) is 1.58. The number of rotatable bonds is 5. The van der Waals surface area contributed by atoms with E-state index in [1.165, 1.54) is 0 Å². The van der Waals surface area contributed by atoms with E-state index in [2.05, 4.69) is 32.7 Å². The molecule has 1 amide bonds. The van der Waals surface area contributed by atoms with Gasteiger partial charge in [-0.1, -0.05) is 24.6 Å². The van der Waals surface area contributed by atoms with E-state index >= 15 is 0 Å². The molecule has 0 bridgehead atoms. The third-order valence-electron chi connectivity index (χ3n) is 5.12. The van der Waals surface area contributed by atoms with Crippen LogP contribution in [-0.4, -0.2) is 52.6 Å². The van der Waals surface area contributed by atoms with E-state index in [0.29, 0.717) is 46.1 Å². The number of aliphatic imine (C=N–C) groups is 1. The van der Waals surface area contributed by atoms with E-state index in [0.717, 1.165) is 18.5 Å². The number of hydrogen-bond acceptors (Lipinski definition) is 5. The first-order valence-corrected chi connectivity index (χ1v) is 10.4. The number of anilines is 1. The number of nitrogens with zero attached hydrogens (tertiary/aromatic N) is 5. The molecule has 0 unspecified atom stereocenters. The SMILES string of the molecule is CC[C@@H]1CN2C(=N1)N(CC)C(=O)c1c2nc(Br)n1Cc1ccc(OC)c(Cl)c1. The number of methoxy groups -OCH3 is 1. The molecule has 1 aromatic carbocycles. The largest absolute Gasteiger partial charge is 0.495 e. The van der Waals surface area contributed by atoms with Crippen LogP contribution in [0, 0.1) is 0 Å². The van der Waals surface area contributed by atoms with Crippen molar-refractivity contribution >= 4 is 45.2 Å². The number of hydrogen-bond donors (Lipinski definition) is 0. The van der Waals surface area contributed by atoms with Crippen LogP contribution in [0.2, 0.25) is 5.02 Å². The minimum atomic E-state index is -0.0814. The second-order valence-electron chi connectivity index (χ2n) is 6.76. The van der Waals surface area contributed by atoms with Crippen LogP contribution < -0.4 is 9.64 Å². The van der Waals surface area contributed by atoms with Crippen molar-refractivity contribution in [3.05, 3.63) is 39.2 Å². The average Bonchev–Trinajstić information content (AvgIpc) is 3.24. The molecule has 148 valence electrons. The smallest absolute Gasteiger partial charge is 0.281 e. The van der Waals surface area contributed by atoms with Crippen molar-refractivity contribution in [2.45, 2.75) is 32.9 Å². The van der Waals surface area contributed by atoms with Crippen molar-refractivity contribution in [3.8, 4) is 5.75 Å². The maximum absolute atomic E-state index is 13.3. The molecule has 2 aromatic rings. The Kier molecular flexibility index (Phi) is 5.09. The molecule has 7 nitrogen and oxygen atoms in total. The lowest BCUT2D eigenvalue weighted by Crippen LogP contribution is -2.50. The van der Waals surface area contributed by atoms with Gasteiger partial charge in [-0.15, -0.1) is 0 Å². The van der Waals surface area contributed by atoms with Crippen molar-refractivity contribution in [3.63, 3.8) is 0 Å². The predicted octanol–water partition coefficient (Wildman–Crippen LogP) is 3.79. The molecular formula is C19H21BrClN5O2. The van der Waals surface area contributed by atoms with Crippen molar-refractivity contribution in [2.24, 2.45) is 4.99 Å². The molecule has 0 radical (unpaired) electrons. The lowest BCUT2D eigenvalue weighted by atomic mass is 10.2. The number of aromatic nitrogens is 2.